The normalized spacial score (nSPS) is 10.3. The van der Waals surface area contributed by atoms with Crippen LogP contribution in [-0.4, -0.2) is 38.7 Å². The summed E-state index contributed by atoms with van der Waals surface area (Å²) in [6.07, 6.45) is 1.17. The molecule has 0 fully saturated rings. The largest absolute Gasteiger partial charge is 0.504 e. The van der Waals surface area contributed by atoms with E-state index in [2.05, 4.69) is 0 Å². The molecule has 0 unspecified atom stereocenters. The first-order valence-corrected chi connectivity index (χ1v) is 7.41. The van der Waals surface area contributed by atoms with Gasteiger partial charge in [0.2, 0.25) is 0 Å². The number of hydrogen-bond donors (Lipinski definition) is 2. The summed E-state index contributed by atoms with van der Waals surface area (Å²) in [5.41, 5.74) is 1.65. The smallest absolute Gasteiger partial charge is 0.164 e. The Labute approximate surface area is 141 Å². The third-order valence-electron chi connectivity index (χ3n) is 3.83. The van der Waals surface area contributed by atoms with E-state index in [0.29, 0.717) is 35.8 Å². The van der Waals surface area contributed by atoms with Crippen molar-refractivity contribution in [2.24, 2.45) is 0 Å². The quantitative estimate of drug-likeness (QED) is 0.811. The number of rotatable bonds is 7. The molecule has 0 aliphatic carbocycles. The van der Waals surface area contributed by atoms with Crippen LogP contribution in [0.4, 0.5) is 0 Å². The Balaban J connectivity index is 2.28. The Bertz CT molecular complexity index is 650. The van der Waals surface area contributed by atoms with Gasteiger partial charge in [0.15, 0.2) is 23.0 Å². The minimum Gasteiger partial charge on any atom is -0.504 e. The molecule has 0 amide bonds. The molecule has 0 aliphatic heterocycles. The van der Waals surface area contributed by atoms with Crippen LogP contribution < -0.4 is 18.9 Å². The number of phenols is 2. The van der Waals surface area contributed by atoms with Gasteiger partial charge in [-0.3, -0.25) is 0 Å². The zero-order valence-corrected chi connectivity index (χ0v) is 14.3. The topological polar surface area (TPSA) is 77.4 Å². The van der Waals surface area contributed by atoms with Crippen molar-refractivity contribution in [2.45, 2.75) is 12.8 Å². The van der Waals surface area contributed by atoms with Crippen LogP contribution in [0.3, 0.4) is 0 Å². The van der Waals surface area contributed by atoms with Gasteiger partial charge in [-0.05, 0) is 36.1 Å². The summed E-state index contributed by atoms with van der Waals surface area (Å²) in [4.78, 5) is 0. The lowest BCUT2D eigenvalue weighted by molar-refractivity contribution is 0.360. The summed E-state index contributed by atoms with van der Waals surface area (Å²) in [7, 11) is 6.10. The van der Waals surface area contributed by atoms with E-state index in [4.69, 9.17) is 18.9 Å². The van der Waals surface area contributed by atoms with Crippen LogP contribution in [0.5, 0.6) is 34.5 Å². The molecule has 6 heteroatoms. The number of benzene rings is 2. The molecule has 130 valence electrons. The van der Waals surface area contributed by atoms with Gasteiger partial charge < -0.3 is 29.2 Å². The average molecular weight is 334 g/mol. The fourth-order valence-corrected chi connectivity index (χ4v) is 2.55. The molecule has 0 aromatic heterocycles. The van der Waals surface area contributed by atoms with Crippen LogP contribution >= 0.6 is 0 Å². The number of aromatic hydroxyl groups is 2. The molecule has 0 spiro atoms. The number of aryl methyl sites for hydroxylation is 2. The van der Waals surface area contributed by atoms with E-state index in [1.807, 2.05) is 0 Å². The maximum Gasteiger partial charge on any atom is 0.164 e. The number of hydrogen-bond acceptors (Lipinski definition) is 6. The molecular weight excluding hydrogens is 312 g/mol. The Morgan fingerprint density at radius 3 is 1.21 bits per heavy atom. The van der Waals surface area contributed by atoms with Crippen molar-refractivity contribution in [3.05, 3.63) is 35.4 Å². The van der Waals surface area contributed by atoms with Crippen molar-refractivity contribution in [3.8, 4) is 34.5 Å². The van der Waals surface area contributed by atoms with Crippen LogP contribution in [0.2, 0.25) is 0 Å². The molecule has 0 aliphatic rings. The number of methoxy groups -OCH3 is 4. The molecule has 2 aromatic rings. The van der Waals surface area contributed by atoms with Crippen LogP contribution in [0.15, 0.2) is 24.3 Å². The van der Waals surface area contributed by atoms with Crippen molar-refractivity contribution in [2.75, 3.05) is 28.4 Å². The van der Waals surface area contributed by atoms with Gasteiger partial charge in [0.05, 0.1) is 28.4 Å². The first kappa shape index (κ1) is 17.6. The summed E-state index contributed by atoms with van der Waals surface area (Å²) in [5.74, 6) is 2.07. The second kappa shape index (κ2) is 7.68. The fourth-order valence-electron chi connectivity index (χ4n) is 2.55. The molecule has 24 heavy (non-hydrogen) atoms. The Kier molecular flexibility index (Phi) is 5.63. The second-order valence-electron chi connectivity index (χ2n) is 5.17. The van der Waals surface area contributed by atoms with E-state index >= 15 is 0 Å². The van der Waals surface area contributed by atoms with Crippen molar-refractivity contribution in [1.82, 2.24) is 0 Å². The molecule has 0 radical (unpaired) electrons. The van der Waals surface area contributed by atoms with E-state index in [0.717, 1.165) is 11.1 Å². The minimum absolute atomic E-state index is 0.0536. The highest BCUT2D eigenvalue weighted by Gasteiger charge is 2.14. The molecule has 2 aromatic carbocycles. The SMILES string of the molecule is COc1cc(OC)c(CCc2cc(O)c(OC)cc2OC)cc1O. The van der Waals surface area contributed by atoms with Crippen LogP contribution in [0.1, 0.15) is 11.1 Å². The van der Waals surface area contributed by atoms with Gasteiger partial charge in [-0.15, -0.1) is 0 Å². The van der Waals surface area contributed by atoms with E-state index in [1.165, 1.54) is 14.2 Å². The highest BCUT2D eigenvalue weighted by molar-refractivity contribution is 5.52. The Hall–Kier alpha value is -2.76. The summed E-state index contributed by atoms with van der Waals surface area (Å²) in [6.45, 7) is 0. The van der Waals surface area contributed by atoms with Gasteiger partial charge in [0.25, 0.3) is 0 Å². The third-order valence-corrected chi connectivity index (χ3v) is 3.83. The lowest BCUT2D eigenvalue weighted by Crippen LogP contribution is -1.99. The Morgan fingerprint density at radius 1 is 0.583 bits per heavy atom. The molecule has 0 saturated carbocycles. The predicted octanol–water partition coefficient (Wildman–Crippen LogP) is 2.92. The maximum atomic E-state index is 9.96. The second-order valence-corrected chi connectivity index (χ2v) is 5.17. The number of ether oxygens (including phenoxy) is 4. The van der Waals surface area contributed by atoms with Crippen LogP contribution in [-0.2, 0) is 12.8 Å². The molecule has 6 nitrogen and oxygen atoms in total. The lowest BCUT2D eigenvalue weighted by Gasteiger charge is -2.14. The number of phenolic OH excluding ortho intramolecular Hbond substituents is 2. The molecule has 2 rings (SSSR count). The van der Waals surface area contributed by atoms with E-state index in [1.54, 1.807) is 38.5 Å². The first-order valence-electron chi connectivity index (χ1n) is 7.41. The predicted molar refractivity (Wildman–Crippen MR) is 89.8 cm³/mol. The standard InChI is InChI=1S/C18H22O6/c1-21-15-9-17(23-3)13(19)7-11(15)5-6-12-8-14(20)18(24-4)10-16(12)22-2/h7-10,19-20H,5-6H2,1-4H3. The van der Waals surface area contributed by atoms with E-state index in [9.17, 15) is 10.2 Å². The molecule has 0 bridgehead atoms. The fraction of sp³-hybridized carbons (Fsp3) is 0.333. The molecule has 0 heterocycles. The third kappa shape index (κ3) is 3.59. The summed E-state index contributed by atoms with van der Waals surface area (Å²) < 4.78 is 20.9. The van der Waals surface area contributed by atoms with Gasteiger partial charge >= 0.3 is 0 Å². The van der Waals surface area contributed by atoms with Gasteiger partial charge in [-0.1, -0.05) is 0 Å². The highest BCUT2D eigenvalue weighted by atomic mass is 16.5. The van der Waals surface area contributed by atoms with Crippen molar-refractivity contribution >= 4 is 0 Å². The van der Waals surface area contributed by atoms with Gasteiger partial charge in [-0.2, -0.15) is 0 Å². The van der Waals surface area contributed by atoms with Gasteiger partial charge in [0.1, 0.15) is 11.5 Å². The van der Waals surface area contributed by atoms with E-state index < -0.39 is 0 Å². The minimum atomic E-state index is 0.0536. The molecule has 0 saturated heterocycles. The van der Waals surface area contributed by atoms with Crippen molar-refractivity contribution < 1.29 is 29.2 Å². The van der Waals surface area contributed by atoms with Crippen LogP contribution in [0, 0.1) is 0 Å². The molecule has 0 atom stereocenters. The molecular formula is C18H22O6. The summed E-state index contributed by atoms with van der Waals surface area (Å²) >= 11 is 0. The zero-order chi connectivity index (χ0) is 17.7. The lowest BCUT2D eigenvalue weighted by atomic mass is 10.0. The van der Waals surface area contributed by atoms with E-state index in [-0.39, 0.29) is 11.5 Å². The summed E-state index contributed by atoms with van der Waals surface area (Å²) in [6, 6.07) is 6.53. The Morgan fingerprint density at radius 2 is 0.917 bits per heavy atom. The zero-order valence-electron chi connectivity index (χ0n) is 14.3. The van der Waals surface area contributed by atoms with Crippen molar-refractivity contribution in [1.29, 1.82) is 0 Å². The van der Waals surface area contributed by atoms with Crippen LogP contribution in [0.25, 0.3) is 0 Å². The average Bonchev–Trinajstić information content (AvgIpc) is 2.60. The first-order chi connectivity index (χ1) is 11.5. The molecule has 2 N–H and O–H groups in total. The van der Waals surface area contributed by atoms with Crippen molar-refractivity contribution in [3.63, 3.8) is 0 Å². The maximum absolute atomic E-state index is 9.96. The summed E-state index contributed by atoms with van der Waals surface area (Å²) in [5, 5.41) is 19.9. The van der Waals surface area contributed by atoms with Gasteiger partial charge in [-0.25, -0.2) is 0 Å². The highest BCUT2D eigenvalue weighted by Crippen LogP contribution is 2.37. The van der Waals surface area contributed by atoms with Gasteiger partial charge in [0, 0.05) is 12.1 Å². The monoisotopic (exact) mass is 334 g/mol.